The molecule has 0 radical (unpaired) electrons. The average Bonchev–Trinajstić information content (AvgIpc) is 2.97. The molecular formula is C20H21N5O3S. The zero-order valence-electron chi connectivity index (χ0n) is 16.1. The van der Waals surface area contributed by atoms with Crippen LogP contribution in [0.1, 0.15) is 10.4 Å². The van der Waals surface area contributed by atoms with E-state index in [9.17, 15) is 14.7 Å². The Morgan fingerprint density at radius 1 is 1.14 bits per heavy atom. The first-order valence-electron chi connectivity index (χ1n) is 8.78. The monoisotopic (exact) mass is 411 g/mol. The highest BCUT2D eigenvalue weighted by Gasteiger charge is 2.17. The van der Waals surface area contributed by atoms with Gasteiger partial charge in [0.25, 0.3) is 5.91 Å². The first-order valence-corrected chi connectivity index (χ1v) is 9.93. The highest BCUT2D eigenvalue weighted by Crippen LogP contribution is 2.39. The second-order valence-electron chi connectivity index (χ2n) is 6.51. The van der Waals surface area contributed by atoms with Crippen LogP contribution < -0.4 is 10.6 Å². The summed E-state index contributed by atoms with van der Waals surface area (Å²) >= 11 is 1.27. The molecular weight excluding hydrogens is 390 g/mol. The minimum Gasteiger partial charge on any atom is -0.493 e. The summed E-state index contributed by atoms with van der Waals surface area (Å²) in [5.41, 5.74) is 7.47. The lowest BCUT2D eigenvalue weighted by Crippen LogP contribution is -2.13. The van der Waals surface area contributed by atoms with Crippen LogP contribution in [0.15, 0.2) is 58.8 Å². The predicted octanol–water partition coefficient (Wildman–Crippen LogP) is 3.51. The number of nitrogens with zero attached hydrogens (tertiary/aromatic N) is 4. The molecule has 0 aliphatic heterocycles. The van der Waals surface area contributed by atoms with E-state index in [0.29, 0.717) is 16.8 Å². The molecule has 2 amide bonds. The molecule has 0 spiro atoms. The topological polar surface area (TPSA) is 113 Å². The smallest absolute Gasteiger partial charge is 0.295 e. The van der Waals surface area contributed by atoms with Crippen LogP contribution in [-0.4, -0.2) is 41.3 Å². The summed E-state index contributed by atoms with van der Waals surface area (Å²) in [5.74, 6) is -0.622. The van der Waals surface area contributed by atoms with Gasteiger partial charge in [-0.15, -0.1) is 22.0 Å². The molecule has 0 bridgehead atoms. The van der Waals surface area contributed by atoms with E-state index in [1.807, 2.05) is 49.3 Å². The van der Waals surface area contributed by atoms with Crippen molar-refractivity contribution in [1.29, 1.82) is 0 Å². The fraction of sp³-hybridized carbons (Fsp3) is 0.200. The Labute approximate surface area is 172 Å². The maximum Gasteiger partial charge on any atom is 0.295 e. The number of rotatable bonds is 7. The van der Waals surface area contributed by atoms with Gasteiger partial charge in [0.2, 0.25) is 11.8 Å². The number of anilines is 1. The van der Waals surface area contributed by atoms with Crippen molar-refractivity contribution < 1.29 is 14.7 Å². The van der Waals surface area contributed by atoms with Crippen LogP contribution in [0.25, 0.3) is 10.9 Å². The molecule has 0 aliphatic carbocycles. The van der Waals surface area contributed by atoms with Gasteiger partial charge in [-0.25, -0.2) is 0 Å². The van der Waals surface area contributed by atoms with E-state index in [0.717, 1.165) is 11.2 Å². The number of carbonyl (C=O) groups excluding carboxylic acids is 2. The number of primary amides is 1. The molecule has 3 aromatic rings. The summed E-state index contributed by atoms with van der Waals surface area (Å²) in [7, 11) is 3.83. The third-order valence-corrected chi connectivity index (χ3v) is 5.18. The number of azo groups is 1. The number of fused-ring (bicyclic) bond motifs is 1. The number of nitrogens with two attached hydrogens (primary N) is 1. The number of thioether (sulfide) groups is 1. The lowest BCUT2D eigenvalue weighted by Gasteiger charge is -2.11. The van der Waals surface area contributed by atoms with Crippen LogP contribution in [0.5, 0.6) is 5.88 Å². The summed E-state index contributed by atoms with van der Waals surface area (Å²) in [5, 5.41) is 19.1. The summed E-state index contributed by atoms with van der Waals surface area (Å²) in [4.78, 5) is 25.3. The fourth-order valence-electron chi connectivity index (χ4n) is 2.79. The van der Waals surface area contributed by atoms with E-state index >= 15 is 0 Å². The van der Waals surface area contributed by atoms with E-state index < -0.39 is 11.8 Å². The van der Waals surface area contributed by atoms with Gasteiger partial charge in [0.05, 0.1) is 17.1 Å². The third kappa shape index (κ3) is 4.57. The average molecular weight is 411 g/mol. The van der Waals surface area contributed by atoms with E-state index in [1.165, 1.54) is 11.8 Å². The van der Waals surface area contributed by atoms with Gasteiger partial charge in [-0.2, -0.15) is 0 Å². The van der Waals surface area contributed by atoms with Gasteiger partial charge >= 0.3 is 0 Å². The van der Waals surface area contributed by atoms with Gasteiger partial charge in [-0.05, 0) is 30.3 Å². The summed E-state index contributed by atoms with van der Waals surface area (Å²) in [6, 6.07) is 14.2. The highest BCUT2D eigenvalue weighted by molar-refractivity contribution is 7.99. The molecule has 0 aliphatic rings. The minimum absolute atomic E-state index is 0.123. The molecule has 8 nitrogen and oxygen atoms in total. The number of benzene rings is 2. The normalized spacial score (nSPS) is 11.2. The van der Waals surface area contributed by atoms with E-state index in [4.69, 9.17) is 5.73 Å². The Balaban J connectivity index is 1.88. The number of amides is 2. The van der Waals surface area contributed by atoms with Gasteiger partial charge in [0, 0.05) is 30.7 Å². The number of carbonyl (C=O) groups is 2. The van der Waals surface area contributed by atoms with Gasteiger partial charge in [0.1, 0.15) is 0 Å². The summed E-state index contributed by atoms with van der Waals surface area (Å²) in [6.45, 7) is 0. The molecule has 0 unspecified atom stereocenters. The number of aromatic nitrogens is 1. The Hall–Kier alpha value is -3.33. The summed E-state index contributed by atoms with van der Waals surface area (Å²) in [6.07, 6.45) is 0. The van der Waals surface area contributed by atoms with Crippen molar-refractivity contribution in [1.82, 2.24) is 4.57 Å². The van der Waals surface area contributed by atoms with Gasteiger partial charge in [0.15, 0.2) is 5.69 Å². The highest BCUT2D eigenvalue weighted by atomic mass is 32.2. The minimum atomic E-state index is -0.505. The molecule has 29 heavy (non-hydrogen) atoms. The van der Waals surface area contributed by atoms with E-state index in [-0.39, 0.29) is 17.3 Å². The number of hydrogen-bond acceptors (Lipinski definition) is 6. The maximum absolute atomic E-state index is 12.4. The zero-order valence-corrected chi connectivity index (χ0v) is 16.9. The second kappa shape index (κ2) is 8.78. The molecule has 0 fully saturated rings. The zero-order chi connectivity index (χ0) is 21.0. The first kappa shape index (κ1) is 20.4. The van der Waals surface area contributed by atoms with Crippen LogP contribution in [0.4, 0.5) is 11.4 Å². The number of para-hydroxylation sites is 1. The first-order chi connectivity index (χ1) is 13.9. The van der Waals surface area contributed by atoms with Gasteiger partial charge in [-0.1, -0.05) is 18.2 Å². The van der Waals surface area contributed by atoms with Crippen LogP contribution in [0.2, 0.25) is 0 Å². The maximum atomic E-state index is 12.4. The van der Waals surface area contributed by atoms with Gasteiger partial charge < -0.3 is 20.3 Å². The number of aromatic hydroxyl groups is 1. The van der Waals surface area contributed by atoms with Gasteiger partial charge in [-0.3, -0.25) is 9.59 Å². The van der Waals surface area contributed by atoms with Crippen LogP contribution >= 0.6 is 11.8 Å². The molecule has 3 rings (SSSR count). The number of hydrogen-bond donors (Lipinski definition) is 2. The lowest BCUT2D eigenvalue weighted by molar-refractivity contribution is -0.115. The largest absolute Gasteiger partial charge is 0.493 e. The van der Waals surface area contributed by atoms with Crippen molar-refractivity contribution in [3.05, 3.63) is 54.1 Å². The Bertz CT molecular complexity index is 1070. The molecule has 2 aromatic carbocycles. The van der Waals surface area contributed by atoms with Crippen molar-refractivity contribution in [3.8, 4) is 5.88 Å². The second-order valence-corrected chi connectivity index (χ2v) is 7.46. The quantitative estimate of drug-likeness (QED) is 0.578. The molecule has 0 atom stereocenters. The van der Waals surface area contributed by atoms with Crippen molar-refractivity contribution in [2.75, 3.05) is 24.7 Å². The molecule has 9 heteroatoms. The molecule has 0 saturated carbocycles. The Morgan fingerprint density at radius 3 is 2.48 bits per heavy atom. The standard InChI is InChI=1S/C20H21N5O3S/c1-24(2)14-9-7-13(8-10-14)19(27)23-22-18-15-5-3-4-6-16(15)25(20(18)28)12-29-11-17(21)26/h3-10,28H,11-12H2,1-2H3,(H2,21,26). The van der Waals surface area contributed by atoms with Crippen LogP contribution in [0, 0.1) is 0 Å². The molecule has 3 N–H and O–H groups in total. The van der Waals surface area contributed by atoms with Crippen LogP contribution in [0.3, 0.4) is 0 Å². The molecule has 1 aromatic heterocycles. The molecule has 1 heterocycles. The third-order valence-electron chi connectivity index (χ3n) is 4.25. The Kier molecular flexibility index (Phi) is 6.18. The molecule has 0 saturated heterocycles. The van der Waals surface area contributed by atoms with E-state index in [1.54, 1.807) is 22.8 Å². The van der Waals surface area contributed by atoms with Crippen molar-refractivity contribution >= 4 is 45.9 Å². The summed E-state index contributed by atoms with van der Waals surface area (Å²) < 4.78 is 1.60. The van der Waals surface area contributed by atoms with Crippen molar-refractivity contribution in [2.45, 2.75) is 5.88 Å². The molecule has 150 valence electrons. The SMILES string of the molecule is CN(C)c1ccc(C(=O)N=Nc2c(O)n(CSCC(N)=O)c3ccccc23)cc1. The van der Waals surface area contributed by atoms with E-state index in [2.05, 4.69) is 10.2 Å². The predicted molar refractivity (Wildman–Crippen MR) is 115 cm³/mol. The van der Waals surface area contributed by atoms with Crippen LogP contribution in [-0.2, 0) is 10.7 Å². The van der Waals surface area contributed by atoms with Crippen molar-refractivity contribution in [3.63, 3.8) is 0 Å². The fourth-order valence-corrected chi connectivity index (χ4v) is 3.53. The Morgan fingerprint density at radius 2 is 1.83 bits per heavy atom. The lowest BCUT2D eigenvalue weighted by atomic mass is 10.2. The van der Waals surface area contributed by atoms with Crippen molar-refractivity contribution in [2.24, 2.45) is 16.0 Å².